The van der Waals surface area contributed by atoms with E-state index in [2.05, 4.69) is 40.3 Å². The molecule has 124 valence electrons. The molecule has 0 radical (unpaired) electrons. The van der Waals surface area contributed by atoms with Gasteiger partial charge in [0.1, 0.15) is 0 Å². The van der Waals surface area contributed by atoms with Crippen molar-refractivity contribution in [3.05, 3.63) is 23.8 Å². The Morgan fingerprint density at radius 3 is 2.68 bits per heavy atom. The summed E-state index contributed by atoms with van der Waals surface area (Å²) in [5.41, 5.74) is 2.02. The number of aliphatic hydroxyl groups is 1. The van der Waals surface area contributed by atoms with E-state index in [0.717, 1.165) is 44.9 Å². The Labute approximate surface area is 135 Å². The SMILES string of the molecule is C=C1CC[C@]2(O)C[C@H]3O[C@]3(C)CC/C=C(\C)CC[C@@H]1C2(C)C. The van der Waals surface area contributed by atoms with E-state index in [-0.39, 0.29) is 17.1 Å². The van der Waals surface area contributed by atoms with Gasteiger partial charge in [-0.05, 0) is 58.3 Å². The molecular weight excluding hydrogens is 272 g/mol. The third kappa shape index (κ3) is 2.59. The zero-order valence-corrected chi connectivity index (χ0v) is 14.7. The fraction of sp³-hybridized carbons (Fsp3) is 0.800. The molecule has 2 nitrogen and oxygen atoms in total. The minimum atomic E-state index is -0.627. The maximum Gasteiger partial charge on any atom is 0.0924 e. The van der Waals surface area contributed by atoms with E-state index in [4.69, 9.17) is 4.74 Å². The van der Waals surface area contributed by atoms with Crippen LogP contribution in [0.25, 0.3) is 0 Å². The lowest BCUT2D eigenvalue weighted by atomic mass is 9.55. The topological polar surface area (TPSA) is 32.8 Å². The van der Waals surface area contributed by atoms with Crippen LogP contribution >= 0.6 is 0 Å². The van der Waals surface area contributed by atoms with Crippen molar-refractivity contribution in [3.8, 4) is 0 Å². The van der Waals surface area contributed by atoms with E-state index in [1.54, 1.807) is 0 Å². The van der Waals surface area contributed by atoms with Gasteiger partial charge in [0.25, 0.3) is 0 Å². The number of epoxide rings is 1. The zero-order chi connectivity index (χ0) is 16.2. The lowest BCUT2D eigenvalue weighted by Gasteiger charge is -2.52. The first-order valence-electron chi connectivity index (χ1n) is 8.91. The third-order valence-electron chi connectivity index (χ3n) is 6.94. The summed E-state index contributed by atoms with van der Waals surface area (Å²) >= 11 is 0. The van der Waals surface area contributed by atoms with Crippen molar-refractivity contribution < 1.29 is 9.84 Å². The smallest absolute Gasteiger partial charge is 0.0924 e. The van der Waals surface area contributed by atoms with Crippen molar-refractivity contribution in [1.29, 1.82) is 0 Å². The molecule has 1 aliphatic heterocycles. The molecular formula is C20H32O2. The third-order valence-corrected chi connectivity index (χ3v) is 6.94. The Hall–Kier alpha value is -0.600. The van der Waals surface area contributed by atoms with Gasteiger partial charge in [-0.15, -0.1) is 0 Å². The van der Waals surface area contributed by atoms with Crippen LogP contribution in [0.1, 0.15) is 72.6 Å². The van der Waals surface area contributed by atoms with Crippen molar-refractivity contribution in [3.63, 3.8) is 0 Å². The predicted molar refractivity (Wildman–Crippen MR) is 90.7 cm³/mol. The molecule has 3 rings (SSSR count). The summed E-state index contributed by atoms with van der Waals surface area (Å²) in [6.45, 7) is 13.3. The molecule has 2 fully saturated rings. The molecule has 0 aromatic carbocycles. The van der Waals surface area contributed by atoms with Crippen molar-refractivity contribution in [1.82, 2.24) is 0 Å². The number of hydrogen-bond donors (Lipinski definition) is 1. The molecule has 1 N–H and O–H groups in total. The first-order valence-corrected chi connectivity index (χ1v) is 8.91. The molecule has 0 aromatic heterocycles. The van der Waals surface area contributed by atoms with Gasteiger partial charge in [0, 0.05) is 11.8 Å². The van der Waals surface area contributed by atoms with Crippen LogP contribution < -0.4 is 0 Å². The summed E-state index contributed by atoms with van der Waals surface area (Å²) in [6, 6.07) is 0. The monoisotopic (exact) mass is 304 g/mol. The van der Waals surface area contributed by atoms with Crippen molar-refractivity contribution in [2.75, 3.05) is 0 Å². The van der Waals surface area contributed by atoms with Gasteiger partial charge < -0.3 is 9.84 Å². The summed E-state index contributed by atoms with van der Waals surface area (Å²) in [4.78, 5) is 0. The van der Waals surface area contributed by atoms with Gasteiger partial charge in [-0.2, -0.15) is 0 Å². The van der Waals surface area contributed by atoms with Crippen molar-refractivity contribution >= 4 is 0 Å². The van der Waals surface area contributed by atoms with Crippen LogP contribution in [0.5, 0.6) is 0 Å². The molecule has 2 bridgehead atoms. The van der Waals surface area contributed by atoms with Gasteiger partial charge in [-0.25, -0.2) is 0 Å². The van der Waals surface area contributed by atoms with Crippen LogP contribution in [0.4, 0.5) is 0 Å². The lowest BCUT2D eigenvalue weighted by molar-refractivity contribution is -0.120. The van der Waals surface area contributed by atoms with Crippen LogP contribution in [-0.4, -0.2) is 22.4 Å². The molecule has 0 amide bonds. The number of allylic oxidation sites excluding steroid dienone is 3. The minimum absolute atomic E-state index is 0.0221. The molecule has 2 heteroatoms. The highest BCUT2D eigenvalue weighted by Gasteiger charge is 2.59. The summed E-state index contributed by atoms with van der Waals surface area (Å²) < 4.78 is 6.02. The molecule has 3 aliphatic rings. The quantitative estimate of drug-likeness (QED) is 0.516. The molecule has 0 spiro atoms. The Bertz CT molecular complexity index is 504. The van der Waals surface area contributed by atoms with Crippen LogP contribution in [0.3, 0.4) is 0 Å². The molecule has 0 aromatic rings. The van der Waals surface area contributed by atoms with Gasteiger partial charge in [0.2, 0.25) is 0 Å². The zero-order valence-electron chi connectivity index (χ0n) is 14.7. The summed E-state index contributed by atoms with van der Waals surface area (Å²) in [7, 11) is 0. The molecule has 1 saturated carbocycles. The average Bonchev–Trinajstić information content (AvgIpc) is 3.03. The normalized spacial score (nSPS) is 47.5. The molecule has 2 aliphatic carbocycles. The molecule has 22 heavy (non-hydrogen) atoms. The Morgan fingerprint density at radius 2 is 1.95 bits per heavy atom. The first kappa shape index (κ1) is 16.3. The van der Waals surface area contributed by atoms with Crippen molar-refractivity contribution in [2.24, 2.45) is 11.3 Å². The Morgan fingerprint density at radius 1 is 1.23 bits per heavy atom. The molecule has 1 heterocycles. The Balaban J connectivity index is 1.93. The number of ether oxygens (including phenoxy) is 1. The fourth-order valence-corrected chi connectivity index (χ4v) is 4.78. The van der Waals surface area contributed by atoms with Crippen LogP contribution in [0, 0.1) is 11.3 Å². The minimum Gasteiger partial charge on any atom is -0.389 e. The average molecular weight is 304 g/mol. The summed E-state index contributed by atoms with van der Waals surface area (Å²) in [6.07, 6.45) is 9.56. The maximum atomic E-state index is 11.5. The highest BCUT2D eigenvalue weighted by Crippen LogP contribution is 2.57. The predicted octanol–water partition coefficient (Wildman–Crippen LogP) is 4.78. The van der Waals surface area contributed by atoms with Gasteiger partial charge in [0.05, 0.1) is 17.3 Å². The van der Waals surface area contributed by atoms with Gasteiger partial charge >= 0.3 is 0 Å². The standard InChI is InChI=1S/C20H32O2/c1-14-7-6-11-19(5)17(22-19)13-20(21)12-10-15(2)16(9-8-14)18(20,3)4/h7,16-17,21H,2,6,8-13H2,1,3-5H3/b14-7+/t16-,17+,19+,20-/m0/s1. The number of rotatable bonds is 0. The van der Waals surface area contributed by atoms with Gasteiger partial charge in [-0.3, -0.25) is 0 Å². The Kier molecular flexibility index (Phi) is 3.85. The van der Waals surface area contributed by atoms with E-state index < -0.39 is 5.60 Å². The first-order chi connectivity index (χ1) is 10.2. The second-order valence-electron chi connectivity index (χ2n) is 8.72. The van der Waals surface area contributed by atoms with Gasteiger partial charge in [0.15, 0.2) is 0 Å². The van der Waals surface area contributed by atoms with E-state index in [0.29, 0.717) is 5.92 Å². The highest BCUT2D eigenvalue weighted by molar-refractivity contribution is 5.20. The summed E-state index contributed by atoms with van der Waals surface area (Å²) in [5.74, 6) is 0.402. The second kappa shape index (κ2) is 5.21. The lowest BCUT2D eigenvalue weighted by Crippen LogP contribution is -2.53. The number of hydrogen-bond acceptors (Lipinski definition) is 2. The maximum absolute atomic E-state index is 11.5. The largest absolute Gasteiger partial charge is 0.389 e. The highest BCUT2D eigenvalue weighted by atomic mass is 16.6. The van der Waals surface area contributed by atoms with Gasteiger partial charge in [-0.1, -0.05) is 37.6 Å². The molecule has 1 saturated heterocycles. The van der Waals surface area contributed by atoms with Crippen LogP contribution in [0.2, 0.25) is 0 Å². The van der Waals surface area contributed by atoms with Crippen LogP contribution in [0.15, 0.2) is 23.8 Å². The van der Waals surface area contributed by atoms with Crippen molar-refractivity contribution in [2.45, 2.75) is 89.9 Å². The van der Waals surface area contributed by atoms with Crippen LogP contribution in [-0.2, 0) is 4.74 Å². The summed E-state index contributed by atoms with van der Waals surface area (Å²) in [5, 5.41) is 11.5. The second-order valence-corrected chi connectivity index (χ2v) is 8.72. The number of fused-ring (bicyclic) bond motifs is 3. The van der Waals surface area contributed by atoms with E-state index in [1.165, 1.54) is 11.1 Å². The fourth-order valence-electron chi connectivity index (χ4n) is 4.78. The van der Waals surface area contributed by atoms with E-state index in [1.807, 2.05) is 0 Å². The van der Waals surface area contributed by atoms with E-state index >= 15 is 0 Å². The molecule has 0 unspecified atom stereocenters. The molecule has 4 atom stereocenters. The van der Waals surface area contributed by atoms with E-state index in [9.17, 15) is 5.11 Å².